The fourth-order valence-corrected chi connectivity index (χ4v) is 1.26. The third kappa shape index (κ3) is 4.00. The predicted octanol–water partition coefficient (Wildman–Crippen LogP) is 0.944. The summed E-state index contributed by atoms with van der Waals surface area (Å²) in [5, 5.41) is 11.7. The first-order chi connectivity index (χ1) is 7.63. The van der Waals surface area contributed by atoms with E-state index in [1.807, 2.05) is 12.1 Å². The largest absolute Gasteiger partial charge is 0.392 e. The number of rotatable bonds is 5. The molecule has 1 amide bonds. The van der Waals surface area contributed by atoms with E-state index in [1.54, 1.807) is 26.2 Å². The van der Waals surface area contributed by atoms with Crippen molar-refractivity contribution >= 4 is 5.91 Å². The van der Waals surface area contributed by atoms with Crippen molar-refractivity contribution in [3.8, 4) is 0 Å². The fourth-order valence-electron chi connectivity index (χ4n) is 1.26. The van der Waals surface area contributed by atoms with Gasteiger partial charge in [-0.15, -0.1) is 0 Å². The van der Waals surface area contributed by atoms with E-state index < -0.39 is 6.10 Å². The molecule has 2 N–H and O–H groups in total. The van der Waals surface area contributed by atoms with Gasteiger partial charge >= 0.3 is 0 Å². The van der Waals surface area contributed by atoms with Crippen molar-refractivity contribution in [3.05, 3.63) is 35.4 Å². The summed E-state index contributed by atoms with van der Waals surface area (Å²) in [6.45, 7) is 2.43. The molecule has 1 rings (SSSR count). The van der Waals surface area contributed by atoms with Crippen molar-refractivity contribution < 1.29 is 14.6 Å². The number of hydrogen-bond acceptors (Lipinski definition) is 3. The first-order valence-corrected chi connectivity index (χ1v) is 5.17. The molecule has 1 unspecified atom stereocenters. The molecule has 0 fully saturated rings. The Bertz CT molecular complexity index is 333. The minimum atomic E-state index is -0.531. The number of amides is 1. The highest BCUT2D eigenvalue weighted by molar-refractivity contribution is 5.94. The second-order valence-corrected chi connectivity index (χ2v) is 3.69. The summed E-state index contributed by atoms with van der Waals surface area (Å²) in [7, 11) is 1.63. The predicted molar refractivity (Wildman–Crippen MR) is 61.2 cm³/mol. The highest BCUT2D eigenvalue weighted by Gasteiger charge is 2.05. The van der Waals surface area contributed by atoms with E-state index in [1.165, 1.54) is 0 Å². The number of hydrogen-bond donors (Lipinski definition) is 2. The zero-order chi connectivity index (χ0) is 12.0. The highest BCUT2D eigenvalue weighted by atomic mass is 16.5. The van der Waals surface area contributed by atoms with E-state index in [2.05, 4.69) is 5.32 Å². The molecule has 0 aliphatic heterocycles. The standard InChI is InChI=1S/C12H17NO3/c1-9(14)7-13-12(15)11-5-3-10(4-6-11)8-16-2/h3-6,9,14H,7-8H2,1-2H3,(H,13,15). The van der Waals surface area contributed by atoms with Crippen LogP contribution >= 0.6 is 0 Å². The van der Waals surface area contributed by atoms with Crippen LogP contribution in [0.1, 0.15) is 22.8 Å². The Morgan fingerprint density at radius 2 is 2.06 bits per heavy atom. The lowest BCUT2D eigenvalue weighted by atomic mass is 10.1. The van der Waals surface area contributed by atoms with Gasteiger partial charge in [-0.25, -0.2) is 0 Å². The maximum Gasteiger partial charge on any atom is 0.251 e. The quantitative estimate of drug-likeness (QED) is 0.781. The zero-order valence-corrected chi connectivity index (χ0v) is 9.56. The van der Waals surface area contributed by atoms with Gasteiger partial charge < -0.3 is 15.2 Å². The summed E-state index contributed by atoms with van der Waals surface area (Å²) >= 11 is 0. The molecule has 1 atom stereocenters. The van der Waals surface area contributed by atoms with Gasteiger partial charge in [-0.1, -0.05) is 12.1 Å². The van der Waals surface area contributed by atoms with Crippen molar-refractivity contribution in [3.63, 3.8) is 0 Å². The molecule has 0 heterocycles. The van der Waals surface area contributed by atoms with Crippen molar-refractivity contribution in [1.82, 2.24) is 5.32 Å². The number of aliphatic hydroxyl groups is 1. The van der Waals surface area contributed by atoms with E-state index in [9.17, 15) is 4.79 Å². The van der Waals surface area contributed by atoms with Crippen molar-refractivity contribution in [1.29, 1.82) is 0 Å². The molecule has 0 radical (unpaired) electrons. The Hall–Kier alpha value is -1.39. The van der Waals surface area contributed by atoms with Crippen molar-refractivity contribution in [2.75, 3.05) is 13.7 Å². The number of carbonyl (C=O) groups is 1. The van der Waals surface area contributed by atoms with Gasteiger partial charge in [0.05, 0.1) is 12.7 Å². The van der Waals surface area contributed by atoms with Crippen LogP contribution in [0.5, 0.6) is 0 Å². The van der Waals surface area contributed by atoms with E-state index >= 15 is 0 Å². The molecule has 0 saturated carbocycles. The Kier molecular flexibility index (Phi) is 4.95. The molecule has 0 bridgehead atoms. The zero-order valence-electron chi connectivity index (χ0n) is 9.56. The second-order valence-electron chi connectivity index (χ2n) is 3.69. The van der Waals surface area contributed by atoms with Gasteiger partial charge in [-0.2, -0.15) is 0 Å². The monoisotopic (exact) mass is 223 g/mol. The number of ether oxygens (including phenoxy) is 1. The van der Waals surface area contributed by atoms with Gasteiger partial charge in [0, 0.05) is 19.2 Å². The number of benzene rings is 1. The lowest BCUT2D eigenvalue weighted by molar-refractivity contribution is 0.0924. The van der Waals surface area contributed by atoms with E-state index in [-0.39, 0.29) is 12.5 Å². The van der Waals surface area contributed by atoms with Crippen LogP contribution < -0.4 is 5.32 Å². The number of methoxy groups -OCH3 is 1. The van der Waals surface area contributed by atoms with Crippen LogP contribution in [-0.4, -0.2) is 30.8 Å². The van der Waals surface area contributed by atoms with Crippen LogP contribution in [0.3, 0.4) is 0 Å². The molecule has 1 aromatic rings. The third-order valence-electron chi connectivity index (χ3n) is 2.09. The molecule has 0 aliphatic rings. The first kappa shape index (κ1) is 12.7. The van der Waals surface area contributed by atoms with Gasteiger partial charge in [-0.3, -0.25) is 4.79 Å². The normalized spacial score (nSPS) is 12.2. The van der Waals surface area contributed by atoms with Crippen molar-refractivity contribution in [2.24, 2.45) is 0 Å². The fraction of sp³-hybridized carbons (Fsp3) is 0.417. The van der Waals surface area contributed by atoms with Crippen molar-refractivity contribution in [2.45, 2.75) is 19.6 Å². The summed E-state index contributed by atoms with van der Waals surface area (Å²) in [6.07, 6.45) is -0.531. The summed E-state index contributed by atoms with van der Waals surface area (Å²) in [4.78, 5) is 11.6. The van der Waals surface area contributed by atoms with Gasteiger partial charge in [0.1, 0.15) is 0 Å². The molecule has 4 heteroatoms. The number of nitrogens with one attached hydrogen (secondary N) is 1. The molecule has 0 aliphatic carbocycles. The summed E-state index contributed by atoms with van der Waals surface area (Å²) in [6, 6.07) is 7.18. The number of carbonyl (C=O) groups excluding carboxylic acids is 1. The van der Waals surface area contributed by atoms with Crippen LogP contribution in [0.15, 0.2) is 24.3 Å². The lowest BCUT2D eigenvalue weighted by Gasteiger charge is -2.07. The van der Waals surface area contributed by atoms with Gasteiger partial charge in [-0.05, 0) is 24.6 Å². The van der Waals surface area contributed by atoms with Crippen LogP contribution in [-0.2, 0) is 11.3 Å². The molecule has 1 aromatic carbocycles. The third-order valence-corrected chi connectivity index (χ3v) is 2.09. The first-order valence-electron chi connectivity index (χ1n) is 5.17. The van der Waals surface area contributed by atoms with Crippen LogP contribution in [0.4, 0.5) is 0 Å². The maximum absolute atomic E-state index is 11.6. The molecular weight excluding hydrogens is 206 g/mol. The average Bonchev–Trinajstić information content (AvgIpc) is 2.27. The Labute approximate surface area is 95.2 Å². The van der Waals surface area contributed by atoms with E-state index in [0.717, 1.165) is 5.56 Å². The number of aliphatic hydroxyl groups excluding tert-OH is 1. The smallest absolute Gasteiger partial charge is 0.251 e. The molecule has 88 valence electrons. The van der Waals surface area contributed by atoms with Gasteiger partial charge in [0.25, 0.3) is 5.91 Å². The molecule has 0 aromatic heterocycles. The average molecular weight is 223 g/mol. The Balaban J connectivity index is 2.56. The minimum absolute atomic E-state index is 0.176. The van der Waals surface area contributed by atoms with Crippen LogP contribution in [0.2, 0.25) is 0 Å². The summed E-state index contributed by atoms with van der Waals surface area (Å²) in [5.41, 5.74) is 1.61. The molecular formula is C12H17NO3. The molecule has 4 nitrogen and oxygen atoms in total. The minimum Gasteiger partial charge on any atom is -0.392 e. The molecule has 0 saturated heterocycles. The summed E-state index contributed by atoms with van der Waals surface area (Å²) < 4.78 is 4.97. The van der Waals surface area contributed by atoms with E-state index in [4.69, 9.17) is 9.84 Å². The Morgan fingerprint density at radius 1 is 1.44 bits per heavy atom. The summed E-state index contributed by atoms with van der Waals surface area (Å²) in [5.74, 6) is -0.176. The van der Waals surface area contributed by atoms with Gasteiger partial charge in [0.2, 0.25) is 0 Å². The molecule has 16 heavy (non-hydrogen) atoms. The topological polar surface area (TPSA) is 58.6 Å². The van der Waals surface area contributed by atoms with Crippen LogP contribution in [0.25, 0.3) is 0 Å². The maximum atomic E-state index is 11.6. The van der Waals surface area contributed by atoms with Gasteiger partial charge in [0.15, 0.2) is 0 Å². The lowest BCUT2D eigenvalue weighted by Crippen LogP contribution is -2.30. The van der Waals surface area contributed by atoms with Crippen LogP contribution in [0, 0.1) is 0 Å². The van der Waals surface area contributed by atoms with E-state index in [0.29, 0.717) is 12.2 Å². The Morgan fingerprint density at radius 3 is 2.56 bits per heavy atom. The second kappa shape index (κ2) is 6.25. The SMILES string of the molecule is COCc1ccc(C(=O)NCC(C)O)cc1. The highest BCUT2D eigenvalue weighted by Crippen LogP contribution is 2.05. The molecule has 0 spiro atoms.